The molecule has 1 amide bonds. The highest BCUT2D eigenvalue weighted by Gasteiger charge is 2.23. The number of hydrogen-bond acceptors (Lipinski definition) is 4. The van der Waals surface area contributed by atoms with E-state index in [0.29, 0.717) is 15.7 Å². The molecule has 0 fully saturated rings. The molecule has 2 aromatic rings. The largest absolute Gasteiger partial charge is 0.311 e. The SMILES string of the molecule is CN(C(=O)c1ccc(Br)c(S(=O)(=O)N(C)C)c1)c1cccc(C#N)c1. The van der Waals surface area contributed by atoms with Crippen LogP contribution >= 0.6 is 15.9 Å². The van der Waals surface area contributed by atoms with Gasteiger partial charge < -0.3 is 4.90 Å². The number of rotatable bonds is 4. The fourth-order valence-electron chi connectivity index (χ4n) is 2.13. The molecule has 130 valence electrons. The lowest BCUT2D eigenvalue weighted by Crippen LogP contribution is -2.27. The molecule has 0 heterocycles. The molecular weight excluding hydrogens is 406 g/mol. The molecule has 8 heteroatoms. The number of carbonyl (C=O) groups is 1. The maximum atomic E-state index is 12.7. The minimum absolute atomic E-state index is 0.0162. The van der Waals surface area contributed by atoms with E-state index in [1.165, 1.54) is 31.1 Å². The summed E-state index contributed by atoms with van der Waals surface area (Å²) in [6.45, 7) is 0. The van der Waals surface area contributed by atoms with E-state index in [1.54, 1.807) is 37.4 Å². The first-order valence-corrected chi connectivity index (χ1v) is 9.42. The van der Waals surface area contributed by atoms with E-state index in [-0.39, 0.29) is 16.4 Å². The average molecular weight is 422 g/mol. The summed E-state index contributed by atoms with van der Waals surface area (Å²) in [5, 5.41) is 8.98. The first-order valence-electron chi connectivity index (χ1n) is 7.19. The van der Waals surface area contributed by atoms with Gasteiger partial charge in [-0.05, 0) is 52.3 Å². The Morgan fingerprint density at radius 3 is 2.40 bits per heavy atom. The predicted molar refractivity (Wildman–Crippen MR) is 98.9 cm³/mol. The molecule has 0 atom stereocenters. The van der Waals surface area contributed by atoms with Crippen molar-refractivity contribution in [2.24, 2.45) is 0 Å². The molecule has 0 unspecified atom stereocenters. The summed E-state index contributed by atoms with van der Waals surface area (Å²) in [4.78, 5) is 14.1. The third-order valence-corrected chi connectivity index (χ3v) is 6.41. The van der Waals surface area contributed by atoms with E-state index >= 15 is 0 Å². The standard InChI is InChI=1S/C17H16BrN3O3S/c1-20(2)25(23,24)16-10-13(7-8-15(16)18)17(22)21(3)14-6-4-5-12(9-14)11-19/h4-10H,1-3H3. The van der Waals surface area contributed by atoms with Crippen LogP contribution in [0.25, 0.3) is 0 Å². The van der Waals surface area contributed by atoms with E-state index in [2.05, 4.69) is 15.9 Å². The molecule has 0 radical (unpaired) electrons. The predicted octanol–water partition coefficient (Wildman–Crippen LogP) is 2.85. The second-order valence-corrected chi connectivity index (χ2v) is 8.43. The first-order chi connectivity index (χ1) is 11.7. The zero-order valence-electron chi connectivity index (χ0n) is 13.9. The summed E-state index contributed by atoms with van der Waals surface area (Å²) >= 11 is 3.22. The zero-order valence-corrected chi connectivity index (χ0v) is 16.3. The van der Waals surface area contributed by atoms with Gasteiger partial charge >= 0.3 is 0 Å². The molecule has 0 bridgehead atoms. The fraction of sp³-hybridized carbons (Fsp3) is 0.176. The maximum Gasteiger partial charge on any atom is 0.258 e. The zero-order chi connectivity index (χ0) is 18.8. The first kappa shape index (κ1) is 19.1. The van der Waals surface area contributed by atoms with Crippen molar-refractivity contribution >= 4 is 37.5 Å². The van der Waals surface area contributed by atoms with Gasteiger partial charge in [0.05, 0.1) is 16.5 Å². The van der Waals surface area contributed by atoms with Crippen LogP contribution in [0.1, 0.15) is 15.9 Å². The molecule has 0 saturated carbocycles. The Balaban J connectivity index is 2.45. The Morgan fingerprint density at radius 2 is 1.80 bits per heavy atom. The lowest BCUT2D eigenvalue weighted by molar-refractivity contribution is 0.0993. The average Bonchev–Trinajstić information content (AvgIpc) is 2.60. The Bertz CT molecular complexity index is 965. The number of sulfonamides is 1. The van der Waals surface area contributed by atoms with Gasteiger partial charge in [0.25, 0.3) is 5.91 Å². The van der Waals surface area contributed by atoms with Crippen molar-refractivity contribution in [3.8, 4) is 6.07 Å². The van der Waals surface area contributed by atoms with Gasteiger partial charge in [0.15, 0.2) is 0 Å². The number of hydrogen-bond donors (Lipinski definition) is 0. The lowest BCUT2D eigenvalue weighted by Gasteiger charge is -2.19. The fourth-order valence-corrected chi connectivity index (χ4v) is 3.97. The third kappa shape index (κ3) is 3.90. The molecule has 0 aliphatic carbocycles. The van der Waals surface area contributed by atoms with Gasteiger partial charge in [-0.3, -0.25) is 4.79 Å². The van der Waals surface area contributed by atoms with Crippen molar-refractivity contribution in [2.45, 2.75) is 4.90 Å². The molecule has 0 aromatic heterocycles. The molecule has 2 aromatic carbocycles. The molecule has 0 aliphatic heterocycles. The summed E-state index contributed by atoms with van der Waals surface area (Å²) in [5.41, 5.74) is 1.21. The molecule has 0 spiro atoms. The van der Waals surface area contributed by atoms with Crippen molar-refractivity contribution in [1.29, 1.82) is 5.26 Å². The van der Waals surface area contributed by atoms with Gasteiger partial charge in [0.2, 0.25) is 10.0 Å². The second-order valence-electron chi connectivity index (χ2n) is 5.46. The van der Waals surface area contributed by atoms with Crippen LogP contribution in [-0.4, -0.2) is 39.8 Å². The Hall–Kier alpha value is -2.21. The molecule has 0 saturated heterocycles. The van der Waals surface area contributed by atoms with Crippen molar-refractivity contribution in [3.05, 3.63) is 58.1 Å². The Labute approximate surface area is 155 Å². The van der Waals surface area contributed by atoms with Crippen molar-refractivity contribution in [3.63, 3.8) is 0 Å². The highest BCUT2D eigenvalue weighted by molar-refractivity contribution is 9.10. The topological polar surface area (TPSA) is 81.5 Å². The number of anilines is 1. The molecule has 0 N–H and O–H groups in total. The minimum atomic E-state index is -3.69. The van der Waals surface area contributed by atoms with E-state index in [1.807, 2.05) is 6.07 Å². The number of nitrogens with zero attached hydrogens (tertiary/aromatic N) is 3. The van der Waals surface area contributed by atoms with Gasteiger partial charge in [-0.1, -0.05) is 6.07 Å². The van der Waals surface area contributed by atoms with Gasteiger partial charge in [-0.2, -0.15) is 5.26 Å². The molecule has 6 nitrogen and oxygen atoms in total. The number of amides is 1. The van der Waals surface area contributed by atoms with Crippen molar-refractivity contribution in [1.82, 2.24) is 4.31 Å². The van der Waals surface area contributed by atoms with Crippen molar-refractivity contribution < 1.29 is 13.2 Å². The maximum absolute atomic E-state index is 12.7. The number of benzene rings is 2. The molecule has 2 rings (SSSR count). The van der Waals surface area contributed by atoms with Crippen LogP contribution in [0.5, 0.6) is 0 Å². The summed E-state index contributed by atoms with van der Waals surface area (Å²) < 4.78 is 26.2. The lowest BCUT2D eigenvalue weighted by atomic mass is 10.1. The van der Waals surface area contributed by atoms with Gasteiger partial charge in [0.1, 0.15) is 0 Å². The van der Waals surface area contributed by atoms with Crippen molar-refractivity contribution in [2.75, 3.05) is 26.0 Å². The number of halogens is 1. The quantitative estimate of drug-likeness (QED) is 0.759. The Morgan fingerprint density at radius 1 is 1.12 bits per heavy atom. The summed E-state index contributed by atoms with van der Waals surface area (Å²) in [6.07, 6.45) is 0. The molecule has 0 aliphatic rings. The molecule has 25 heavy (non-hydrogen) atoms. The van der Waals surface area contributed by atoms with Gasteiger partial charge in [-0.15, -0.1) is 0 Å². The van der Waals surface area contributed by atoms with Gasteiger partial charge in [0, 0.05) is 36.9 Å². The molecular formula is C17H16BrN3O3S. The number of carbonyl (C=O) groups excluding carboxylic acids is 1. The van der Waals surface area contributed by atoms with Crippen LogP contribution in [0, 0.1) is 11.3 Å². The normalized spacial score (nSPS) is 11.2. The smallest absolute Gasteiger partial charge is 0.258 e. The second kappa shape index (κ2) is 7.35. The van der Waals surface area contributed by atoms with Gasteiger partial charge in [-0.25, -0.2) is 12.7 Å². The van der Waals surface area contributed by atoms with Crippen LogP contribution < -0.4 is 4.90 Å². The van der Waals surface area contributed by atoms with Crippen LogP contribution in [-0.2, 0) is 10.0 Å². The van der Waals surface area contributed by atoms with Crippen LogP contribution in [0.2, 0.25) is 0 Å². The van der Waals surface area contributed by atoms with E-state index in [4.69, 9.17) is 5.26 Å². The van der Waals surface area contributed by atoms with E-state index < -0.39 is 10.0 Å². The third-order valence-electron chi connectivity index (χ3n) is 3.60. The minimum Gasteiger partial charge on any atom is -0.311 e. The monoisotopic (exact) mass is 421 g/mol. The van der Waals surface area contributed by atoms with Crippen LogP contribution in [0.4, 0.5) is 5.69 Å². The summed E-state index contributed by atoms with van der Waals surface area (Å²) in [6, 6.07) is 13.1. The Kier molecular flexibility index (Phi) is 5.62. The van der Waals surface area contributed by atoms with Crippen LogP contribution in [0.3, 0.4) is 0 Å². The van der Waals surface area contributed by atoms with E-state index in [9.17, 15) is 13.2 Å². The van der Waals surface area contributed by atoms with E-state index in [0.717, 1.165) is 4.31 Å². The van der Waals surface area contributed by atoms with Crippen LogP contribution in [0.15, 0.2) is 51.8 Å². The summed E-state index contributed by atoms with van der Waals surface area (Å²) in [7, 11) is 0.731. The highest BCUT2D eigenvalue weighted by Crippen LogP contribution is 2.26. The number of nitriles is 1. The highest BCUT2D eigenvalue weighted by atomic mass is 79.9. The summed E-state index contributed by atoms with van der Waals surface area (Å²) in [5.74, 6) is -0.377.